The van der Waals surface area contributed by atoms with Gasteiger partial charge in [-0.2, -0.15) is 0 Å². The summed E-state index contributed by atoms with van der Waals surface area (Å²) >= 11 is 11.6. The summed E-state index contributed by atoms with van der Waals surface area (Å²) in [6.45, 7) is 0.627. The molecule has 0 aliphatic carbocycles. The van der Waals surface area contributed by atoms with E-state index in [2.05, 4.69) is 0 Å². The average Bonchev–Trinajstić information content (AvgIpc) is 2.79. The first-order valence-electron chi connectivity index (χ1n) is 5.45. The third kappa shape index (κ3) is 2.55. The van der Waals surface area contributed by atoms with E-state index in [1.54, 1.807) is 4.90 Å². The first-order chi connectivity index (χ1) is 8.13. The van der Waals surface area contributed by atoms with Gasteiger partial charge in [-0.3, -0.25) is 4.79 Å². The maximum Gasteiger partial charge on any atom is 0.257 e. The zero-order valence-corrected chi connectivity index (χ0v) is 10.6. The molecule has 2 rings (SSSR count). The topological polar surface area (TPSA) is 20.3 Å². The van der Waals surface area contributed by atoms with Crippen LogP contribution in [0, 0.1) is 5.82 Å². The molecule has 1 aliphatic rings. The highest BCUT2D eigenvalue weighted by atomic mass is 35.5. The average molecular weight is 276 g/mol. The number of carbonyl (C=O) groups excluding carboxylic acids is 1. The summed E-state index contributed by atoms with van der Waals surface area (Å²) in [6, 6.07) is 4.00. The van der Waals surface area contributed by atoms with Crippen LogP contribution in [0.5, 0.6) is 0 Å². The Morgan fingerprint density at radius 2 is 2.29 bits per heavy atom. The zero-order valence-electron chi connectivity index (χ0n) is 9.13. The highest BCUT2D eigenvalue weighted by Crippen LogP contribution is 2.23. The van der Waals surface area contributed by atoms with E-state index in [0.717, 1.165) is 12.8 Å². The Morgan fingerprint density at radius 1 is 1.53 bits per heavy atom. The number of nitrogens with zero attached hydrogens (tertiary/aromatic N) is 1. The maximum absolute atomic E-state index is 13.6. The fraction of sp³-hybridized carbons (Fsp3) is 0.417. The van der Waals surface area contributed by atoms with Crippen LogP contribution in [0.1, 0.15) is 23.2 Å². The molecule has 1 aromatic rings. The number of amides is 1. The van der Waals surface area contributed by atoms with Crippen molar-refractivity contribution < 1.29 is 9.18 Å². The van der Waals surface area contributed by atoms with Gasteiger partial charge in [0.2, 0.25) is 0 Å². The van der Waals surface area contributed by atoms with Gasteiger partial charge < -0.3 is 4.90 Å². The summed E-state index contributed by atoms with van der Waals surface area (Å²) in [5, 5.41) is 0.358. The Labute approximate surface area is 109 Å². The van der Waals surface area contributed by atoms with Crippen LogP contribution < -0.4 is 0 Å². The summed E-state index contributed by atoms with van der Waals surface area (Å²) in [7, 11) is 0. The first kappa shape index (κ1) is 12.7. The van der Waals surface area contributed by atoms with E-state index in [1.165, 1.54) is 18.2 Å². The number of hydrogen-bond acceptors (Lipinski definition) is 1. The minimum Gasteiger partial charge on any atom is -0.334 e. The van der Waals surface area contributed by atoms with E-state index in [0.29, 0.717) is 17.4 Å². The molecular weight excluding hydrogens is 264 g/mol. The van der Waals surface area contributed by atoms with Crippen LogP contribution in [0.3, 0.4) is 0 Å². The van der Waals surface area contributed by atoms with Crippen LogP contribution >= 0.6 is 23.2 Å². The normalized spacial score (nSPS) is 19.7. The molecule has 1 aromatic carbocycles. The second kappa shape index (κ2) is 5.23. The Bertz CT molecular complexity index is 439. The van der Waals surface area contributed by atoms with E-state index in [9.17, 15) is 9.18 Å². The number of hydrogen-bond donors (Lipinski definition) is 0. The lowest BCUT2D eigenvalue weighted by Crippen LogP contribution is -2.37. The van der Waals surface area contributed by atoms with Crippen LogP contribution in [0.25, 0.3) is 0 Å². The van der Waals surface area contributed by atoms with E-state index in [4.69, 9.17) is 23.2 Å². The van der Waals surface area contributed by atoms with Crippen molar-refractivity contribution in [3.8, 4) is 0 Å². The van der Waals surface area contributed by atoms with Crippen molar-refractivity contribution in [2.45, 2.75) is 18.9 Å². The Morgan fingerprint density at radius 3 is 3.00 bits per heavy atom. The minimum atomic E-state index is -0.542. The van der Waals surface area contributed by atoms with Gasteiger partial charge in [0.05, 0.1) is 5.56 Å². The SMILES string of the molecule is O=C(c1cc(Cl)ccc1F)N1CCCC1CCl. The molecule has 0 spiro atoms. The zero-order chi connectivity index (χ0) is 12.4. The summed E-state index contributed by atoms with van der Waals surface area (Å²) in [4.78, 5) is 13.8. The van der Waals surface area contributed by atoms with E-state index < -0.39 is 5.82 Å². The van der Waals surface area contributed by atoms with Crippen molar-refractivity contribution in [2.75, 3.05) is 12.4 Å². The predicted octanol–water partition coefficient (Wildman–Crippen LogP) is 3.32. The second-order valence-electron chi connectivity index (χ2n) is 4.07. The van der Waals surface area contributed by atoms with Crippen LogP contribution in [-0.2, 0) is 0 Å². The van der Waals surface area contributed by atoms with Crippen molar-refractivity contribution >= 4 is 29.1 Å². The van der Waals surface area contributed by atoms with Crippen molar-refractivity contribution in [3.05, 3.63) is 34.6 Å². The van der Waals surface area contributed by atoms with Gasteiger partial charge >= 0.3 is 0 Å². The molecule has 0 bridgehead atoms. The quantitative estimate of drug-likeness (QED) is 0.759. The molecule has 1 aliphatic heterocycles. The van der Waals surface area contributed by atoms with E-state index in [1.807, 2.05) is 0 Å². The third-order valence-corrected chi connectivity index (χ3v) is 3.57. The van der Waals surface area contributed by atoms with Crippen molar-refractivity contribution in [1.29, 1.82) is 0 Å². The van der Waals surface area contributed by atoms with Gasteiger partial charge in [-0.15, -0.1) is 11.6 Å². The Hall–Kier alpha value is -0.800. The van der Waals surface area contributed by atoms with E-state index >= 15 is 0 Å². The van der Waals surface area contributed by atoms with Gasteiger partial charge in [0.1, 0.15) is 5.82 Å². The molecule has 5 heteroatoms. The smallest absolute Gasteiger partial charge is 0.257 e. The van der Waals surface area contributed by atoms with Gasteiger partial charge in [-0.05, 0) is 31.0 Å². The molecule has 1 heterocycles. The minimum absolute atomic E-state index is 0.00236. The molecule has 0 radical (unpaired) electrons. The van der Waals surface area contributed by atoms with Crippen molar-refractivity contribution in [1.82, 2.24) is 4.90 Å². The summed E-state index contributed by atoms with van der Waals surface area (Å²) in [5.41, 5.74) is 0.0227. The van der Waals surface area contributed by atoms with E-state index in [-0.39, 0.29) is 17.5 Å². The van der Waals surface area contributed by atoms with Crippen LogP contribution in [-0.4, -0.2) is 29.3 Å². The number of halogens is 3. The fourth-order valence-corrected chi connectivity index (χ4v) is 2.57. The van der Waals surface area contributed by atoms with Crippen LogP contribution in [0.4, 0.5) is 4.39 Å². The predicted molar refractivity (Wildman–Crippen MR) is 66.2 cm³/mol. The third-order valence-electron chi connectivity index (χ3n) is 2.97. The molecule has 1 amide bonds. The highest BCUT2D eigenvalue weighted by Gasteiger charge is 2.30. The van der Waals surface area contributed by atoms with Gasteiger partial charge in [-0.1, -0.05) is 11.6 Å². The molecule has 92 valence electrons. The molecule has 1 fully saturated rings. The number of benzene rings is 1. The Balaban J connectivity index is 2.27. The first-order valence-corrected chi connectivity index (χ1v) is 6.36. The molecule has 1 unspecified atom stereocenters. The molecule has 2 nitrogen and oxygen atoms in total. The van der Waals surface area contributed by atoms with Crippen molar-refractivity contribution in [3.63, 3.8) is 0 Å². The molecule has 0 aromatic heterocycles. The molecule has 0 N–H and O–H groups in total. The fourth-order valence-electron chi connectivity index (χ4n) is 2.08. The van der Waals surface area contributed by atoms with Crippen LogP contribution in [0.2, 0.25) is 5.02 Å². The Kier molecular flexibility index (Phi) is 3.89. The lowest BCUT2D eigenvalue weighted by Gasteiger charge is -2.23. The van der Waals surface area contributed by atoms with Gasteiger partial charge in [-0.25, -0.2) is 4.39 Å². The molecule has 1 saturated heterocycles. The summed E-state index contributed by atoms with van der Waals surface area (Å²) < 4.78 is 13.6. The van der Waals surface area contributed by atoms with Gasteiger partial charge in [0.15, 0.2) is 0 Å². The molecule has 0 saturated carbocycles. The number of rotatable bonds is 2. The monoisotopic (exact) mass is 275 g/mol. The van der Waals surface area contributed by atoms with Gasteiger partial charge in [0.25, 0.3) is 5.91 Å². The standard InChI is InChI=1S/C12H12Cl2FNO/c13-7-9-2-1-5-16(9)12(17)10-6-8(14)3-4-11(10)15/h3-4,6,9H,1-2,5,7H2. The molecule has 1 atom stereocenters. The lowest BCUT2D eigenvalue weighted by molar-refractivity contribution is 0.0744. The highest BCUT2D eigenvalue weighted by molar-refractivity contribution is 6.31. The van der Waals surface area contributed by atoms with Crippen molar-refractivity contribution in [2.24, 2.45) is 0 Å². The summed E-state index contributed by atoms with van der Waals surface area (Å²) in [5.74, 6) is -0.485. The summed E-state index contributed by atoms with van der Waals surface area (Å²) in [6.07, 6.45) is 1.78. The number of likely N-dealkylation sites (tertiary alicyclic amines) is 1. The van der Waals surface area contributed by atoms with Crippen LogP contribution in [0.15, 0.2) is 18.2 Å². The second-order valence-corrected chi connectivity index (χ2v) is 4.82. The maximum atomic E-state index is 13.6. The number of alkyl halides is 1. The molecular formula is C12H12Cl2FNO. The largest absolute Gasteiger partial charge is 0.334 e. The number of carbonyl (C=O) groups is 1. The molecule has 17 heavy (non-hydrogen) atoms. The van der Waals surface area contributed by atoms with Gasteiger partial charge in [0, 0.05) is 23.5 Å². The lowest BCUT2D eigenvalue weighted by atomic mass is 10.1.